The molecule has 5 heteroatoms. The van der Waals surface area contributed by atoms with Crippen molar-refractivity contribution in [1.82, 2.24) is 4.98 Å². The van der Waals surface area contributed by atoms with E-state index in [4.69, 9.17) is 22.1 Å². The fourth-order valence-electron chi connectivity index (χ4n) is 1.35. The molecular weight excluding hydrogens is 268 g/mol. The molecule has 0 bridgehead atoms. The highest BCUT2D eigenvalue weighted by Gasteiger charge is 2.17. The highest BCUT2D eigenvalue weighted by atomic mass is 35.5. The van der Waals surface area contributed by atoms with E-state index in [2.05, 4.69) is 4.98 Å². The average Bonchev–Trinajstić information content (AvgIpc) is 2.77. The first-order valence-corrected chi connectivity index (χ1v) is 6.77. The maximum atomic E-state index is 6.01. The van der Waals surface area contributed by atoms with Crippen molar-refractivity contribution in [2.24, 2.45) is 5.73 Å². The molecule has 1 aromatic heterocycles. The van der Waals surface area contributed by atoms with E-state index >= 15 is 0 Å². The van der Waals surface area contributed by atoms with Gasteiger partial charge >= 0.3 is 0 Å². The van der Waals surface area contributed by atoms with Crippen LogP contribution in [0.4, 0.5) is 0 Å². The fraction of sp³-hybridized carbons (Fsp3) is 0.308. The minimum absolute atomic E-state index is 0.351. The molecule has 0 unspecified atom stereocenters. The second-order valence-electron chi connectivity index (χ2n) is 4.58. The molecule has 1 aromatic carbocycles. The largest absolute Gasteiger partial charge is 0.486 e. The van der Waals surface area contributed by atoms with Crippen LogP contribution in [-0.4, -0.2) is 4.98 Å². The summed E-state index contributed by atoms with van der Waals surface area (Å²) in [6, 6.07) is 7.27. The van der Waals surface area contributed by atoms with Crippen LogP contribution in [0, 0.1) is 0 Å². The monoisotopic (exact) mass is 282 g/mol. The number of aromatic nitrogens is 1. The summed E-state index contributed by atoms with van der Waals surface area (Å²) in [5.74, 6) is 0.781. The van der Waals surface area contributed by atoms with Gasteiger partial charge in [-0.1, -0.05) is 11.6 Å². The van der Waals surface area contributed by atoms with Crippen molar-refractivity contribution < 1.29 is 4.74 Å². The summed E-state index contributed by atoms with van der Waals surface area (Å²) >= 11 is 7.38. The Balaban J connectivity index is 1.98. The molecule has 2 N–H and O–H groups in total. The van der Waals surface area contributed by atoms with Crippen LogP contribution in [0.1, 0.15) is 23.7 Å². The zero-order valence-electron chi connectivity index (χ0n) is 10.3. The Morgan fingerprint density at radius 2 is 2.00 bits per heavy atom. The molecule has 18 heavy (non-hydrogen) atoms. The number of nitrogens with zero attached hydrogens (tertiary/aromatic N) is 1. The van der Waals surface area contributed by atoms with Gasteiger partial charge in [-0.3, -0.25) is 0 Å². The van der Waals surface area contributed by atoms with Crippen LogP contribution in [0.15, 0.2) is 30.5 Å². The molecule has 2 rings (SSSR count). The minimum Gasteiger partial charge on any atom is -0.486 e. The highest BCUT2D eigenvalue weighted by Crippen LogP contribution is 2.24. The maximum Gasteiger partial charge on any atom is 0.140 e. The third-order valence-corrected chi connectivity index (χ3v) is 3.93. The van der Waals surface area contributed by atoms with Gasteiger partial charge in [-0.25, -0.2) is 4.98 Å². The lowest BCUT2D eigenvalue weighted by atomic mass is 10.1. The zero-order chi connectivity index (χ0) is 13.2. The van der Waals surface area contributed by atoms with Crippen LogP contribution < -0.4 is 10.5 Å². The number of nitrogens with two attached hydrogens (primary N) is 1. The SMILES string of the molecule is CC(C)(N)c1cnc(COc2ccc(Cl)cc2)s1. The summed E-state index contributed by atoms with van der Waals surface area (Å²) in [6.45, 7) is 4.37. The molecule has 0 saturated carbocycles. The van der Waals surface area contributed by atoms with Crippen molar-refractivity contribution >= 4 is 22.9 Å². The van der Waals surface area contributed by atoms with E-state index in [0.29, 0.717) is 11.6 Å². The van der Waals surface area contributed by atoms with Gasteiger partial charge in [-0.05, 0) is 38.1 Å². The second-order valence-corrected chi connectivity index (χ2v) is 6.13. The van der Waals surface area contributed by atoms with Crippen LogP contribution in [-0.2, 0) is 12.1 Å². The molecule has 96 valence electrons. The number of rotatable bonds is 4. The molecular formula is C13H15ClN2OS. The molecule has 0 aliphatic heterocycles. The van der Waals surface area contributed by atoms with Crippen LogP contribution in [0.25, 0.3) is 0 Å². The van der Waals surface area contributed by atoms with Crippen molar-refractivity contribution in [2.45, 2.75) is 26.0 Å². The lowest BCUT2D eigenvalue weighted by Crippen LogP contribution is -2.27. The second kappa shape index (κ2) is 5.26. The Morgan fingerprint density at radius 3 is 2.56 bits per heavy atom. The summed E-state index contributed by atoms with van der Waals surface area (Å²) in [5.41, 5.74) is 5.66. The van der Waals surface area contributed by atoms with Crippen LogP contribution in [0.5, 0.6) is 5.75 Å². The van der Waals surface area contributed by atoms with Crippen molar-refractivity contribution in [3.63, 3.8) is 0 Å². The zero-order valence-corrected chi connectivity index (χ0v) is 11.9. The summed E-state index contributed by atoms with van der Waals surface area (Å²) < 4.78 is 5.62. The molecule has 0 amide bonds. The van der Waals surface area contributed by atoms with Crippen molar-refractivity contribution in [3.05, 3.63) is 45.4 Å². The van der Waals surface area contributed by atoms with E-state index in [1.54, 1.807) is 23.5 Å². The van der Waals surface area contributed by atoms with Crippen molar-refractivity contribution in [2.75, 3.05) is 0 Å². The standard InChI is InChI=1S/C13H15ClN2OS/c1-13(2,15)11-7-16-12(18-11)8-17-10-5-3-9(14)4-6-10/h3-7H,8,15H2,1-2H3. The lowest BCUT2D eigenvalue weighted by molar-refractivity contribution is 0.305. The van der Waals surface area contributed by atoms with Gasteiger partial charge in [-0.15, -0.1) is 11.3 Å². The van der Waals surface area contributed by atoms with Crippen LogP contribution in [0.2, 0.25) is 5.02 Å². The smallest absolute Gasteiger partial charge is 0.140 e. The number of thiazole rings is 1. The van der Waals surface area contributed by atoms with E-state index in [-0.39, 0.29) is 5.54 Å². The quantitative estimate of drug-likeness (QED) is 0.932. The average molecular weight is 283 g/mol. The molecule has 3 nitrogen and oxygen atoms in total. The summed E-state index contributed by atoms with van der Waals surface area (Å²) in [4.78, 5) is 5.36. The molecule has 0 aliphatic rings. The number of benzene rings is 1. The number of ether oxygens (including phenoxy) is 1. The topological polar surface area (TPSA) is 48.1 Å². The first-order valence-electron chi connectivity index (χ1n) is 5.57. The van der Waals surface area contributed by atoms with Gasteiger partial charge in [-0.2, -0.15) is 0 Å². The lowest BCUT2D eigenvalue weighted by Gasteiger charge is -2.14. The van der Waals surface area contributed by atoms with Crippen molar-refractivity contribution in [1.29, 1.82) is 0 Å². The number of hydrogen-bond donors (Lipinski definition) is 1. The number of hydrogen-bond acceptors (Lipinski definition) is 4. The summed E-state index contributed by atoms with van der Waals surface area (Å²) in [5, 5.41) is 1.61. The first kappa shape index (κ1) is 13.3. The maximum absolute atomic E-state index is 6.01. The fourth-order valence-corrected chi connectivity index (χ4v) is 2.32. The molecule has 0 aliphatic carbocycles. The normalized spacial score (nSPS) is 11.6. The number of halogens is 1. The van der Waals surface area contributed by atoms with E-state index in [1.165, 1.54) is 0 Å². The Hall–Kier alpha value is -1.10. The van der Waals surface area contributed by atoms with E-state index in [1.807, 2.05) is 32.2 Å². The first-order chi connectivity index (χ1) is 8.45. The van der Waals surface area contributed by atoms with Gasteiger partial charge in [0.15, 0.2) is 0 Å². The van der Waals surface area contributed by atoms with Gasteiger partial charge < -0.3 is 10.5 Å². The summed E-state index contributed by atoms with van der Waals surface area (Å²) in [7, 11) is 0. The summed E-state index contributed by atoms with van der Waals surface area (Å²) in [6.07, 6.45) is 1.81. The molecule has 0 atom stereocenters. The van der Waals surface area contributed by atoms with Crippen molar-refractivity contribution in [3.8, 4) is 5.75 Å². The predicted octanol–water partition coefficient (Wildman–Crippen LogP) is 3.57. The molecule has 2 aromatic rings. The third-order valence-electron chi connectivity index (χ3n) is 2.36. The van der Waals surface area contributed by atoms with E-state index in [9.17, 15) is 0 Å². The van der Waals surface area contributed by atoms with Gasteiger partial charge in [0.25, 0.3) is 0 Å². The minimum atomic E-state index is -0.351. The Morgan fingerprint density at radius 1 is 1.33 bits per heavy atom. The van der Waals surface area contributed by atoms with Crippen LogP contribution >= 0.6 is 22.9 Å². The Labute approximate surface area is 116 Å². The molecule has 0 radical (unpaired) electrons. The Kier molecular flexibility index (Phi) is 3.90. The molecule has 1 heterocycles. The molecule has 0 fully saturated rings. The van der Waals surface area contributed by atoms with Gasteiger partial charge in [0, 0.05) is 21.6 Å². The third kappa shape index (κ3) is 3.45. The molecule has 0 saturated heterocycles. The van der Waals surface area contributed by atoms with E-state index in [0.717, 1.165) is 15.6 Å². The Bertz CT molecular complexity index is 517. The van der Waals surface area contributed by atoms with Gasteiger partial charge in [0.05, 0.1) is 0 Å². The predicted molar refractivity (Wildman–Crippen MR) is 75.1 cm³/mol. The van der Waals surface area contributed by atoms with Gasteiger partial charge in [0.1, 0.15) is 17.4 Å². The van der Waals surface area contributed by atoms with Gasteiger partial charge in [0.2, 0.25) is 0 Å². The highest BCUT2D eigenvalue weighted by molar-refractivity contribution is 7.11. The van der Waals surface area contributed by atoms with E-state index < -0.39 is 0 Å². The molecule has 0 spiro atoms. The van der Waals surface area contributed by atoms with Crippen LogP contribution in [0.3, 0.4) is 0 Å².